The number of carboxylic acid groups (broad SMARTS) is 1. The van der Waals surface area contributed by atoms with Crippen LogP contribution in [0.4, 0.5) is 0 Å². The van der Waals surface area contributed by atoms with Gasteiger partial charge in [0.1, 0.15) is 0 Å². The third-order valence-corrected chi connectivity index (χ3v) is 0. The molecule has 5 heteroatoms. The van der Waals surface area contributed by atoms with E-state index in [2.05, 4.69) is 0 Å². The molecule has 0 amide bonds. The van der Waals surface area contributed by atoms with Crippen LogP contribution in [0, 0.1) is 0 Å². The van der Waals surface area contributed by atoms with Gasteiger partial charge in [-0.05, 0) is 6.92 Å². The van der Waals surface area contributed by atoms with Crippen molar-refractivity contribution < 1.29 is 41.3 Å². The third-order valence-electron chi connectivity index (χ3n) is 0. The maximum absolute atomic E-state index is 8.89. The Morgan fingerprint density at radius 1 is 1.43 bits per heavy atom. The van der Waals surface area contributed by atoms with Crippen molar-refractivity contribution in [3.8, 4) is 0 Å². The number of hydrogen-bond acceptors (Lipinski definition) is 2. The van der Waals surface area contributed by atoms with Gasteiger partial charge < -0.3 is 20.9 Å². The van der Waals surface area contributed by atoms with E-state index in [1.54, 1.807) is 0 Å². The molecule has 0 aliphatic carbocycles. The zero-order valence-electron chi connectivity index (χ0n) is 3.63. The summed E-state index contributed by atoms with van der Waals surface area (Å²) >= 11 is 0. The summed E-state index contributed by atoms with van der Waals surface area (Å²) < 4.78 is 0. The Bertz CT molecular complexity index is 32.7. The summed E-state index contributed by atoms with van der Waals surface area (Å²) in [6.07, 6.45) is 0. The maximum atomic E-state index is 8.89. The first-order valence-corrected chi connectivity index (χ1v) is 0.908. The number of carboxylic acids is 1. The van der Waals surface area contributed by atoms with E-state index in [0.29, 0.717) is 0 Å². The Morgan fingerprint density at radius 3 is 1.43 bits per heavy atom. The van der Waals surface area contributed by atoms with Gasteiger partial charge >= 0.3 is 20.4 Å². The van der Waals surface area contributed by atoms with Crippen molar-refractivity contribution in [3.63, 3.8) is 0 Å². The first kappa shape index (κ1) is 27.7. The van der Waals surface area contributed by atoms with E-state index in [9.17, 15) is 0 Å². The van der Waals surface area contributed by atoms with Crippen LogP contribution in [0.2, 0.25) is 0 Å². The van der Waals surface area contributed by atoms with Crippen LogP contribution in [0.25, 0.3) is 0 Å². The minimum atomic E-state index is -1.08. The summed E-state index contributed by atoms with van der Waals surface area (Å²) in [6.45, 7) is 0.972. The van der Waals surface area contributed by atoms with Gasteiger partial charge in [-0.3, -0.25) is 0 Å². The summed E-state index contributed by atoms with van der Waals surface area (Å²) in [7, 11) is 0. The average Bonchev–Trinajstić information content (AvgIpc) is 0.811. The molecule has 7 heavy (non-hydrogen) atoms. The van der Waals surface area contributed by atoms with Crippen LogP contribution < -0.4 is 5.11 Å². The molecule has 0 bridgehead atoms. The maximum Gasteiger partial charge on any atom is 2.00 e. The van der Waals surface area contributed by atoms with E-state index < -0.39 is 5.97 Å². The summed E-state index contributed by atoms with van der Waals surface area (Å²) in [4.78, 5) is 8.89. The smallest absolute Gasteiger partial charge is 0.550 e. The Balaban J connectivity index is -0.0000000150. The van der Waals surface area contributed by atoms with Crippen molar-refractivity contribution in [3.05, 3.63) is 0 Å². The first-order chi connectivity index (χ1) is 1.73. The molecule has 0 aromatic rings. The molecule has 4 N–H and O–H groups in total. The molecule has 0 aromatic heterocycles. The molecule has 4 nitrogen and oxygen atoms in total. The Hall–Kier alpha value is 0.0523. The predicted octanol–water partition coefficient (Wildman–Crippen LogP) is -2.90. The van der Waals surface area contributed by atoms with E-state index in [4.69, 9.17) is 9.90 Å². The normalized spacial score (nSPS) is 3.57. The van der Waals surface area contributed by atoms with Crippen LogP contribution in [0.5, 0.6) is 0 Å². The average molecular weight is 201 g/mol. The molecular weight excluding hydrogens is 194 g/mol. The number of carbonyl (C=O) groups excluding carboxylic acids is 1. The summed E-state index contributed by atoms with van der Waals surface area (Å²) in [6, 6.07) is 0. The molecule has 0 unspecified atom stereocenters. The fourth-order valence-electron chi connectivity index (χ4n) is 0. The fraction of sp³-hybridized carbons (Fsp3) is 0.500. The van der Waals surface area contributed by atoms with Crippen LogP contribution in [0.3, 0.4) is 0 Å². The summed E-state index contributed by atoms with van der Waals surface area (Å²) in [5.41, 5.74) is 0. The number of rotatable bonds is 0. The van der Waals surface area contributed by atoms with Crippen molar-refractivity contribution in [2.45, 2.75) is 6.92 Å². The standard InChI is InChI=1S/C2H4O2.2H2O.Pd/c1-2(3)4;;;/h1H3,(H,3,4);2*1H2;/q;;;+2/p-1. The molecular formula is C2H7O4Pd+. The van der Waals surface area contributed by atoms with Gasteiger partial charge in [0.15, 0.2) is 0 Å². The minimum absolute atomic E-state index is 0. The van der Waals surface area contributed by atoms with Gasteiger partial charge in [0.2, 0.25) is 0 Å². The van der Waals surface area contributed by atoms with E-state index >= 15 is 0 Å². The number of aliphatic carboxylic acids is 1. The minimum Gasteiger partial charge on any atom is -0.550 e. The fourth-order valence-corrected chi connectivity index (χ4v) is 0. The Kier molecular flexibility index (Phi) is 65.7. The van der Waals surface area contributed by atoms with Crippen LogP contribution in [-0.2, 0) is 25.2 Å². The van der Waals surface area contributed by atoms with Crippen molar-refractivity contribution in [2.24, 2.45) is 0 Å². The number of carbonyl (C=O) groups is 1. The molecule has 0 saturated heterocycles. The quantitative estimate of drug-likeness (QED) is 0.393. The van der Waals surface area contributed by atoms with E-state index in [1.807, 2.05) is 0 Å². The molecule has 0 heterocycles. The Morgan fingerprint density at radius 2 is 1.43 bits per heavy atom. The van der Waals surface area contributed by atoms with Gasteiger partial charge in [0.05, 0.1) is 0 Å². The molecule has 0 fully saturated rings. The van der Waals surface area contributed by atoms with E-state index in [0.717, 1.165) is 6.92 Å². The van der Waals surface area contributed by atoms with Gasteiger partial charge in [0, 0.05) is 5.97 Å². The summed E-state index contributed by atoms with van der Waals surface area (Å²) in [5.74, 6) is -1.08. The van der Waals surface area contributed by atoms with Crippen LogP contribution in [0.1, 0.15) is 6.92 Å². The molecule has 0 aliphatic rings. The van der Waals surface area contributed by atoms with E-state index in [1.165, 1.54) is 0 Å². The molecule has 0 spiro atoms. The molecule has 48 valence electrons. The second kappa shape index (κ2) is 16.6. The van der Waals surface area contributed by atoms with Gasteiger partial charge in [-0.1, -0.05) is 0 Å². The summed E-state index contributed by atoms with van der Waals surface area (Å²) in [5, 5.41) is 8.89. The molecule has 0 aromatic carbocycles. The van der Waals surface area contributed by atoms with E-state index in [-0.39, 0.29) is 31.4 Å². The SMILES string of the molecule is CC(=O)[O-].O.O.[Pd+2]. The largest absolute Gasteiger partial charge is 2.00 e. The van der Waals surface area contributed by atoms with Gasteiger partial charge in [-0.15, -0.1) is 0 Å². The van der Waals surface area contributed by atoms with Gasteiger partial charge in [-0.25, -0.2) is 0 Å². The zero-order chi connectivity index (χ0) is 3.58. The van der Waals surface area contributed by atoms with Crippen molar-refractivity contribution >= 4 is 5.97 Å². The molecule has 0 saturated carbocycles. The number of hydrogen-bond donors (Lipinski definition) is 0. The van der Waals surface area contributed by atoms with Crippen LogP contribution in [0.15, 0.2) is 0 Å². The van der Waals surface area contributed by atoms with Gasteiger partial charge in [-0.2, -0.15) is 0 Å². The molecule has 0 atom stereocenters. The van der Waals surface area contributed by atoms with Gasteiger partial charge in [0.25, 0.3) is 0 Å². The van der Waals surface area contributed by atoms with Crippen LogP contribution in [-0.4, -0.2) is 16.9 Å². The van der Waals surface area contributed by atoms with Crippen LogP contribution >= 0.6 is 0 Å². The third kappa shape index (κ3) is 36300. The second-order valence-corrected chi connectivity index (χ2v) is 0.492. The topological polar surface area (TPSA) is 103 Å². The first-order valence-electron chi connectivity index (χ1n) is 0.908. The molecule has 0 aliphatic heterocycles. The molecule has 0 radical (unpaired) electrons. The monoisotopic (exact) mass is 201 g/mol. The predicted molar refractivity (Wildman–Crippen MR) is 17.9 cm³/mol. The molecule has 0 rings (SSSR count). The van der Waals surface area contributed by atoms with Crippen molar-refractivity contribution in [1.29, 1.82) is 0 Å². The second-order valence-electron chi connectivity index (χ2n) is 0.492. The zero-order valence-corrected chi connectivity index (χ0v) is 5.19. The Labute approximate surface area is 54.8 Å². The van der Waals surface area contributed by atoms with Crippen molar-refractivity contribution in [2.75, 3.05) is 0 Å². The van der Waals surface area contributed by atoms with Crippen molar-refractivity contribution in [1.82, 2.24) is 0 Å².